The van der Waals surface area contributed by atoms with Crippen LogP contribution in [0.25, 0.3) is 0 Å². The summed E-state index contributed by atoms with van der Waals surface area (Å²) >= 11 is 0. The van der Waals surface area contributed by atoms with Crippen molar-refractivity contribution in [2.45, 2.75) is 13.3 Å². The second-order valence-corrected chi connectivity index (χ2v) is 5.40. The first kappa shape index (κ1) is 16.8. The smallest absolute Gasteiger partial charge is 0.344 e. The average molecular weight is 342 g/mol. The van der Waals surface area contributed by atoms with Gasteiger partial charge in [0.15, 0.2) is 30.5 Å². The first-order valence-corrected chi connectivity index (χ1v) is 7.96. The SMILES string of the molecule is CCc1ccccc1OCC(=O)OCC(=O)c1ccc2c(c1)OCO2. The van der Waals surface area contributed by atoms with Crippen molar-refractivity contribution in [1.82, 2.24) is 0 Å². The van der Waals surface area contributed by atoms with Crippen molar-refractivity contribution < 1.29 is 28.5 Å². The number of ketones is 1. The molecule has 0 amide bonds. The summed E-state index contributed by atoms with van der Waals surface area (Å²) in [6.07, 6.45) is 0.799. The lowest BCUT2D eigenvalue weighted by Gasteiger charge is -2.10. The van der Waals surface area contributed by atoms with E-state index in [4.69, 9.17) is 18.9 Å². The summed E-state index contributed by atoms with van der Waals surface area (Å²) in [5, 5.41) is 0. The van der Waals surface area contributed by atoms with Crippen molar-refractivity contribution in [2.24, 2.45) is 0 Å². The van der Waals surface area contributed by atoms with Gasteiger partial charge in [-0.25, -0.2) is 4.79 Å². The monoisotopic (exact) mass is 342 g/mol. The van der Waals surface area contributed by atoms with Gasteiger partial charge in [-0.15, -0.1) is 0 Å². The summed E-state index contributed by atoms with van der Waals surface area (Å²) in [5.41, 5.74) is 1.40. The number of hydrogen-bond donors (Lipinski definition) is 0. The Hall–Kier alpha value is -3.02. The molecule has 25 heavy (non-hydrogen) atoms. The number of carbonyl (C=O) groups excluding carboxylic acids is 2. The van der Waals surface area contributed by atoms with E-state index in [-0.39, 0.29) is 25.8 Å². The number of ether oxygens (including phenoxy) is 4. The molecule has 0 saturated heterocycles. The molecule has 0 saturated carbocycles. The molecule has 1 aliphatic heterocycles. The van der Waals surface area contributed by atoms with Crippen molar-refractivity contribution in [3.05, 3.63) is 53.6 Å². The minimum absolute atomic E-state index is 0.137. The van der Waals surface area contributed by atoms with Gasteiger partial charge in [-0.2, -0.15) is 0 Å². The topological polar surface area (TPSA) is 71.1 Å². The van der Waals surface area contributed by atoms with Crippen molar-refractivity contribution >= 4 is 11.8 Å². The highest BCUT2D eigenvalue weighted by Gasteiger charge is 2.17. The van der Waals surface area contributed by atoms with Gasteiger partial charge in [0.2, 0.25) is 6.79 Å². The Morgan fingerprint density at radius 1 is 1.04 bits per heavy atom. The molecule has 6 nitrogen and oxygen atoms in total. The first-order chi connectivity index (χ1) is 12.2. The molecule has 0 radical (unpaired) electrons. The van der Waals surface area contributed by atoms with Crippen LogP contribution in [0.1, 0.15) is 22.8 Å². The lowest BCUT2D eigenvalue weighted by atomic mass is 10.1. The minimum Gasteiger partial charge on any atom is -0.482 e. The maximum Gasteiger partial charge on any atom is 0.344 e. The first-order valence-electron chi connectivity index (χ1n) is 7.96. The van der Waals surface area contributed by atoms with E-state index in [1.54, 1.807) is 24.3 Å². The molecule has 0 spiro atoms. The van der Waals surface area contributed by atoms with Crippen LogP contribution in [0, 0.1) is 0 Å². The molecule has 0 N–H and O–H groups in total. The number of Topliss-reactive ketones (excluding diaryl/α,β-unsaturated/α-hetero) is 1. The third kappa shape index (κ3) is 4.09. The number of para-hydroxylation sites is 1. The molecule has 1 heterocycles. The molecule has 3 rings (SSSR count). The lowest BCUT2D eigenvalue weighted by Crippen LogP contribution is -2.19. The van der Waals surface area contributed by atoms with Gasteiger partial charge in [0.25, 0.3) is 0 Å². The van der Waals surface area contributed by atoms with Crippen molar-refractivity contribution in [2.75, 3.05) is 20.0 Å². The van der Waals surface area contributed by atoms with E-state index in [9.17, 15) is 9.59 Å². The van der Waals surface area contributed by atoms with E-state index in [1.165, 1.54) is 0 Å². The second kappa shape index (κ2) is 7.70. The summed E-state index contributed by atoms with van der Waals surface area (Å²) in [6.45, 7) is 1.55. The fourth-order valence-corrected chi connectivity index (χ4v) is 2.41. The highest BCUT2D eigenvalue weighted by Crippen LogP contribution is 2.32. The van der Waals surface area contributed by atoms with Crippen LogP contribution in [0.5, 0.6) is 17.2 Å². The van der Waals surface area contributed by atoms with Crippen LogP contribution >= 0.6 is 0 Å². The number of fused-ring (bicyclic) bond motifs is 1. The molecule has 1 aliphatic rings. The Balaban J connectivity index is 1.49. The molecule has 130 valence electrons. The zero-order valence-electron chi connectivity index (χ0n) is 13.8. The summed E-state index contributed by atoms with van der Waals surface area (Å²) in [4.78, 5) is 23.9. The highest BCUT2D eigenvalue weighted by molar-refractivity contribution is 5.98. The van der Waals surface area contributed by atoms with E-state index < -0.39 is 5.97 Å². The van der Waals surface area contributed by atoms with Gasteiger partial charge in [0, 0.05) is 5.56 Å². The number of benzene rings is 2. The normalized spacial score (nSPS) is 11.9. The Morgan fingerprint density at radius 3 is 2.68 bits per heavy atom. The maximum atomic E-state index is 12.1. The van der Waals surface area contributed by atoms with E-state index >= 15 is 0 Å². The van der Waals surface area contributed by atoms with E-state index in [1.807, 2.05) is 25.1 Å². The molecule has 0 aliphatic carbocycles. The van der Waals surface area contributed by atoms with Crippen LogP contribution in [0.2, 0.25) is 0 Å². The quantitative estimate of drug-likeness (QED) is 0.569. The maximum absolute atomic E-state index is 12.1. The molecular formula is C19H18O6. The van der Waals surface area contributed by atoms with Crippen LogP contribution in [-0.2, 0) is 16.0 Å². The third-order valence-electron chi connectivity index (χ3n) is 3.76. The Labute approximate surface area is 145 Å². The van der Waals surface area contributed by atoms with Crippen LogP contribution in [0.3, 0.4) is 0 Å². The second-order valence-electron chi connectivity index (χ2n) is 5.40. The van der Waals surface area contributed by atoms with Crippen molar-refractivity contribution in [1.29, 1.82) is 0 Å². The Kier molecular flexibility index (Phi) is 5.18. The van der Waals surface area contributed by atoms with E-state index in [0.717, 1.165) is 12.0 Å². The zero-order chi connectivity index (χ0) is 17.6. The molecule has 0 fully saturated rings. The predicted molar refractivity (Wildman–Crippen MR) is 89.2 cm³/mol. The lowest BCUT2D eigenvalue weighted by molar-refractivity contribution is -0.144. The number of hydrogen-bond acceptors (Lipinski definition) is 6. The van der Waals surface area contributed by atoms with Crippen molar-refractivity contribution in [3.8, 4) is 17.2 Å². The molecule has 2 aromatic rings. The summed E-state index contributed by atoms with van der Waals surface area (Å²) in [5.74, 6) is 0.831. The van der Waals surface area contributed by atoms with Gasteiger partial charge < -0.3 is 18.9 Å². The van der Waals surface area contributed by atoms with E-state index in [0.29, 0.717) is 22.8 Å². The zero-order valence-corrected chi connectivity index (χ0v) is 13.8. The molecule has 6 heteroatoms. The molecule has 0 aromatic heterocycles. The van der Waals surface area contributed by atoms with Crippen LogP contribution in [0.4, 0.5) is 0 Å². The van der Waals surface area contributed by atoms with Gasteiger partial charge in [-0.3, -0.25) is 4.79 Å². The number of aryl methyl sites for hydroxylation is 1. The molecule has 0 atom stereocenters. The van der Waals surface area contributed by atoms with Crippen LogP contribution in [0.15, 0.2) is 42.5 Å². The molecular weight excluding hydrogens is 324 g/mol. The van der Waals surface area contributed by atoms with Gasteiger partial charge in [-0.05, 0) is 36.2 Å². The third-order valence-corrected chi connectivity index (χ3v) is 3.76. The van der Waals surface area contributed by atoms with Crippen LogP contribution < -0.4 is 14.2 Å². The molecule has 0 unspecified atom stereocenters. The average Bonchev–Trinajstić information content (AvgIpc) is 3.12. The van der Waals surface area contributed by atoms with E-state index in [2.05, 4.69) is 0 Å². The van der Waals surface area contributed by atoms with Gasteiger partial charge >= 0.3 is 5.97 Å². The fourth-order valence-electron chi connectivity index (χ4n) is 2.41. The Bertz CT molecular complexity index is 783. The van der Waals surface area contributed by atoms with Gasteiger partial charge in [-0.1, -0.05) is 25.1 Å². The summed E-state index contributed by atoms with van der Waals surface area (Å²) in [6, 6.07) is 12.3. The Morgan fingerprint density at radius 2 is 1.84 bits per heavy atom. The van der Waals surface area contributed by atoms with Crippen LogP contribution in [-0.4, -0.2) is 31.8 Å². The number of esters is 1. The molecule has 2 aromatic carbocycles. The summed E-state index contributed by atoms with van der Waals surface area (Å²) < 4.78 is 20.9. The standard InChI is InChI=1S/C19H18O6/c1-2-13-5-3-4-6-16(13)22-11-19(21)23-10-15(20)14-7-8-17-18(9-14)25-12-24-17/h3-9H,2,10-12H2,1H3. The number of carbonyl (C=O) groups is 2. The largest absolute Gasteiger partial charge is 0.482 e. The molecule has 0 bridgehead atoms. The minimum atomic E-state index is -0.597. The predicted octanol–water partition coefficient (Wildman–Crippen LogP) is 2.78. The summed E-state index contributed by atoms with van der Waals surface area (Å²) in [7, 11) is 0. The highest BCUT2D eigenvalue weighted by atomic mass is 16.7. The van der Waals surface area contributed by atoms with Gasteiger partial charge in [0.05, 0.1) is 0 Å². The van der Waals surface area contributed by atoms with Gasteiger partial charge in [0.1, 0.15) is 5.75 Å². The van der Waals surface area contributed by atoms with Crippen molar-refractivity contribution in [3.63, 3.8) is 0 Å². The number of rotatable bonds is 7. The fraction of sp³-hybridized carbons (Fsp3) is 0.263.